The van der Waals surface area contributed by atoms with Crippen molar-refractivity contribution in [2.75, 3.05) is 0 Å². The number of nitrogens with one attached hydrogen (secondary N) is 1. The number of carbonyl (C=O) groups is 1. The molecular weight excluding hydrogens is 324 g/mol. The number of benzene rings is 1. The van der Waals surface area contributed by atoms with E-state index in [9.17, 15) is 14.7 Å². The Labute approximate surface area is 137 Å². The number of hydrogen-bond acceptors (Lipinski definition) is 4. The third-order valence-electron chi connectivity index (χ3n) is 3.35. The summed E-state index contributed by atoms with van der Waals surface area (Å²) >= 11 is 6.87. The lowest BCUT2D eigenvalue weighted by Crippen LogP contribution is -2.40. The molecule has 0 aliphatic rings. The Morgan fingerprint density at radius 2 is 2.05 bits per heavy atom. The molecule has 0 aliphatic heterocycles. The van der Waals surface area contributed by atoms with Gasteiger partial charge >= 0.3 is 4.87 Å². The second kappa shape index (κ2) is 7.09. The van der Waals surface area contributed by atoms with Crippen molar-refractivity contribution >= 4 is 28.8 Å². The molecule has 0 radical (unpaired) electrons. The van der Waals surface area contributed by atoms with Crippen molar-refractivity contribution in [2.45, 2.75) is 32.5 Å². The van der Waals surface area contributed by atoms with E-state index in [0.717, 1.165) is 17.0 Å². The summed E-state index contributed by atoms with van der Waals surface area (Å²) in [5.41, 5.74) is 1.41. The molecule has 5 nitrogen and oxygen atoms in total. The van der Waals surface area contributed by atoms with Gasteiger partial charge in [-0.05, 0) is 31.5 Å². The molecule has 118 valence electrons. The fourth-order valence-electron chi connectivity index (χ4n) is 2.07. The molecule has 0 fully saturated rings. The van der Waals surface area contributed by atoms with Crippen LogP contribution >= 0.6 is 22.9 Å². The third kappa shape index (κ3) is 3.97. The number of halogens is 1. The SMILES string of the molecule is Cc1csc(=O)n1CC(=O)NC(C)C(O)c1ccc(Cl)cc1. The zero-order valence-electron chi connectivity index (χ0n) is 12.2. The van der Waals surface area contributed by atoms with E-state index in [1.807, 2.05) is 0 Å². The Balaban J connectivity index is 1.99. The standard InChI is InChI=1S/C15H17ClN2O3S/c1-9-8-22-15(21)18(9)7-13(19)17-10(2)14(20)11-3-5-12(16)6-4-11/h3-6,8,10,14,20H,7H2,1-2H3,(H,17,19). The highest BCUT2D eigenvalue weighted by molar-refractivity contribution is 7.07. The van der Waals surface area contributed by atoms with Crippen LogP contribution in [0, 0.1) is 6.92 Å². The van der Waals surface area contributed by atoms with Crippen LogP contribution in [0.2, 0.25) is 5.02 Å². The Kier molecular flexibility index (Phi) is 5.39. The smallest absolute Gasteiger partial charge is 0.307 e. The first-order valence-corrected chi connectivity index (χ1v) is 8.02. The Hall–Kier alpha value is -1.63. The highest BCUT2D eigenvalue weighted by Gasteiger charge is 2.19. The van der Waals surface area contributed by atoms with Gasteiger partial charge in [0.05, 0.1) is 12.1 Å². The van der Waals surface area contributed by atoms with Gasteiger partial charge in [0, 0.05) is 16.1 Å². The van der Waals surface area contributed by atoms with Gasteiger partial charge in [-0.15, -0.1) is 0 Å². The van der Waals surface area contributed by atoms with Crippen LogP contribution in [-0.4, -0.2) is 21.6 Å². The lowest BCUT2D eigenvalue weighted by molar-refractivity contribution is -0.123. The minimum atomic E-state index is -0.846. The molecule has 2 atom stereocenters. The van der Waals surface area contributed by atoms with E-state index in [0.29, 0.717) is 10.6 Å². The third-order valence-corrected chi connectivity index (χ3v) is 4.48. The quantitative estimate of drug-likeness (QED) is 0.875. The normalized spacial score (nSPS) is 13.6. The number of thiazole rings is 1. The molecule has 2 rings (SSSR count). The fraction of sp³-hybridized carbons (Fsp3) is 0.333. The molecular formula is C15H17ClN2O3S. The van der Waals surface area contributed by atoms with Crippen molar-refractivity contribution < 1.29 is 9.90 Å². The van der Waals surface area contributed by atoms with Crippen LogP contribution in [0.4, 0.5) is 0 Å². The summed E-state index contributed by atoms with van der Waals surface area (Å²) in [5, 5.41) is 15.2. The predicted octanol–water partition coefficient (Wildman–Crippen LogP) is 2.11. The number of aromatic nitrogens is 1. The lowest BCUT2D eigenvalue weighted by Gasteiger charge is -2.21. The van der Waals surface area contributed by atoms with Crippen LogP contribution in [0.5, 0.6) is 0 Å². The molecule has 1 aromatic carbocycles. The first-order chi connectivity index (χ1) is 10.4. The van der Waals surface area contributed by atoms with Crippen LogP contribution in [0.25, 0.3) is 0 Å². The Morgan fingerprint density at radius 1 is 1.41 bits per heavy atom. The number of aliphatic hydroxyl groups is 1. The summed E-state index contributed by atoms with van der Waals surface area (Å²) < 4.78 is 1.40. The van der Waals surface area contributed by atoms with Crippen molar-refractivity contribution in [2.24, 2.45) is 0 Å². The van der Waals surface area contributed by atoms with Crippen LogP contribution in [0.3, 0.4) is 0 Å². The summed E-state index contributed by atoms with van der Waals surface area (Å²) in [6.07, 6.45) is -0.846. The number of rotatable bonds is 5. The number of nitrogens with zero attached hydrogens (tertiary/aromatic N) is 1. The van der Waals surface area contributed by atoms with Crippen molar-refractivity contribution in [3.8, 4) is 0 Å². The second-order valence-corrected chi connectivity index (χ2v) is 6.34. The molecule has 7 heteroatoms. The van der Waals surface area contributed by atoms with E-state index in [1.54, 1.807) is 43.5 Å². The number of carbonyl (C=O) groups excluding carboxylic acids is 1. The minimum absolute atomic E-state index is 0.0498. The van der Waals surface area contributed by atoms with Gasteiger partial charge in [0.2, 0.25) is 5.91 Å². The summed E-state index contributed by atoms with van der Waals surface area (Å²) in [6.45, 7) is 3.43. The van der Waals surface area contributed by atoms with Crippen LogP contribution in [-0.2, 0) is 11.3 Å². The second-order valence-electron chi connectivity index (χ2n) is 5.08. The van der Waals surface area contributed by atoms with Gasteiger partial charge in [0.15, 0.2) is 0 Å². The van der Waals surface area contributed by atoms with E-state index in [1.165, 1.54) is 4.57 Å². The van der Waals surface area contributed by atoms with Gasteiger partial charge in [-0.3, -0.25) is 14.2 Å². The molecule has 2 aromatic rings. The van der Waals surface area contributed by atoms with Gasteiger partial charge in [0.1, 0.15) is 6.54 Å². The molecule has 1 amide bonds. The largest absolute Gasteiger partial charge is 0.386 e. The molecule has 22 heavy (non-hydrogen) atoms. The maximum Gasteiger partial charge on any atom is 0.307 e. The number of aryl methyl sites for hydroxylation is 1. The van der Waals surface area contributed by atoms with Crippen LogP contribution in [0.15, 0.2) is 34.4 Å². The van der Waals surface area contributed by atoms with Crippen molar-refractivity contribution in [1.29, 1.82) is 0 Å². The summed E-state index contributed by atoms with van der Waals surface area (Å²) in [7, 11) is 0. The molecule has 1 aromatic heterocycles. The van der Waals surface area contributed by atoms with Crippen molar-refractivity contribution in [3.63, 3.8) is 0 Å². The number of aliphatic hydroxyl groups excluding tert-OH is 1. The summed E-state index contributed by atoms with van der Waals surface area (Å²) in [4.78, 5) is 23.4. The molecule has 0 saturated carbocycles. The van der Waals surface area contributed by atoms with Gasteiger partial charge in [-0.25, -0.2) is 0 Å². The Morgan fingerprint density at radius 3 is 2.59 bits per heavy atom. The number of amides is 1. The maximum atomic E-state index is 12.0. The Bertz CT molecular complexity index is 708. The van der Waals surface area contributed by atoms with Gasteiger partial charge in [0.25, 0.3) is 0 Å². The first kappa shape index (κ1) is 16.7. The molecule has 0 aliphatic carbocycles. The molecule has 0 spiro atoms. The summed E-state index contributed by atoms with van der Waals surface area (Å²) in [6, 6.07) is 6.31. The van der Waals surface area contributed by atoms with Gasteiger partial charge < -0.3 is 10.4 Å². The van der Waals surface area contributed by atoms with Crippen molar-refractivity contribution in [1.82, 2.24) is 9.88 Å². The topological polar surface area (TPSA) is 71.3 Å². The molecule has 2 N–H and O–H groups in total. The predicted molar refractivity (Wildman–Crippen MR) is 87.3 cm³/mol. The lowest BCUT2D eigenvalue weighted by atomic mass is 10.0. The van der Waals surface area contributed by atoms with Crippen molar-refractivity contribution in [3.05, 3.63) is 55.6 Å². The van der Waals surface area contributed by atoms with E-state index in [4.69, 9.17) is 11.6 Å². The van der Waals surface area contributed by atoms with E-state index in [2.05, 4.69) is 5.32 Å². The zero-order valence-corrected chi connectivity index (χ0v) is 13.8. The number of hydrogen-bond donors (Lipinski definition) is 2. The molecule has 1 heterocycles. The molecule has 0 saturated heterocycles. The maximum absolute atomic E-state index is 12.0. The van der Waals surface area contributed by atoms with Gasteiger partial charge in [-0.2, -0.15) is 0 Å². The average molecular weight is 341 g/mol. The zero-order chi connectivity index (χ0) is 16.3. The van der Waals surface area contributed by atoms with E-state index < -0.39 is 12.1 Å². The fourth-order valence-corrected chi connectivity index (χ4v) is 2.93. The average Bonchev–Trinajstić information content (AvgIpc) is 2.79. The highest BCUT2D eigenvalue weighted by atomic mass is 35.5. The van der Waals surface area contributed by atoms with Crippen LogP contribution < -0.4 is 10.2 Å². The molecule has 0 bridgehead atoms. The van der Waals surface area contributed by atoms with E-state index in [-0.39, 0.29) is 17.3 Å². The van der Waals surface area contributed by atoms with Gasteiger partial charge in [-0.1, -0.05) is 35.1 Å². The highest BCUT2D eigenvalue weighted by Crippen LogP contribution is 2.19. The minimum Gasteiger partial charge on any atom is -0.386 e. The first-order valence-electron chi connectivity index (χ1n) is 6.76. The monoisotopic (exact) mass is 340 g/mol. The van der Waals surface area contributed by atoms with E-state index >= 15 is 0 Å². The summed E-state index contributed by atoms with van der Waals surface area (Å²) in [5.74, 6) is -0.316. The van der Waals surface area contributed by atoms with Crippen LogP contribution in [0.1, 0.15) is 24.3 Å². The molecule has 2 unspecified atom stereocenters.